The summed E-state index contributed by atoms with van der Waals surface area (Å²) in [5.41, 5.74) is 3.98. The molecule has 0 bridgehead atoms. The first-order valence-corrected chi connectivity index (χ1v) is 13.6. The van der Waals surface area contributed by atoms with E-state index in [1.165, 1.54) is 12.1 Å². The number of nitro groups is 1. The standard InChI is InChI=1S/C30H30Cl2N2O5/c1-29(2)11-21-26(23(35)13-29)25(27-22(33-21)12-30(3,4)14-24(27)36)17-9-19(31)28(20(32)10-17)39-15-16-5-7-18(8-6-16)34(37)38/h5-10,25,33H,11-15H2,1-4H3. The molecule has 7 nitrogen and oxygen atoms in total. The van der Waals surface area contributed by atoms with Crippen LogP contribution in [0.15, 0.2) is 58.9 Å². The van der Waals surface area contributed by atoms with Crippen LogP contribution in [0, 0.1) is 20.9 Å². The highest BCUT2D eigenvalue weighted by Crippen LogP contribution is 2.52. The van der Waals surface area contributed by atoms with Gasteiger partial charge in [0.2, 0.25) is 0 Å². The molecule has 0 atom stereocenters. The van der Waals surface area contributed by atoms with Gasteiger partial charge in [-0.3, -0.25) is 19.7 Å². The number of nitro benzene ring substituents is 1. The Kier molecular flexibility index (Phi) is 6.88. The van der Waals surface area contributed by atoms with Crippen molar-refractivity contribution in [3.63, 3.8) is 0 Å². The molecular weight excluding hydrogens is 539 g/mol. The van der Waals surface area contributed by atoms with Crippen molar-refractivity contribution in [2.75, 3.05) is 0 Å². The summed E-state index contributed by atoms with van der Waals surface area (Å²) in [6.45, 7) is 8.42. The van der Waals surface area contributed by atoms with E-state index in [1.807, 2.05) is 0 Å². The van der Waals surface area contributed by atoms with Gasteiger partial charge in [-0.2, -0.15) is 0 Å². The number of carbonyl (C=O) groups is 2. The van der Waals surface area contributed by atoms with Crippen molar-refractivity contribution in [2.45, 2.75) is 65.9 Å². The molecule has 2 aliphatic carbocycles. The molecule has 0 fully saturated rings. The number of benzene rings is 2. The quantitative estimate of drug-likeness (QED) is 0.297. The van der Waals surface area contributed by atoms with Crippen molar-refractivity contribution >= 4 is 40.5 Å². The maximum absolute atomic E-state index is 13.5. The summed E-state index contributed by atoms with van der Waals surface area (Å²) in [5, 5.41) is 14.9. The molecule has 0 radical (unpaired) electrons. The molecule has 9 heteroatoms. The van der Waals surface area contributed by atoms with E-state index in [0.29, 0.717) is 48.0 Å². The number of Topliss-reactive ketones (excluding diaryl/α,β-unsaturated/α-hetero) is 2. The zero-order chi connectivity index (χ0) is 28.3. The number of rotatable bonds is 5. The Morgan fingerprint density at radius 1 is 0.897 bits per heavy atom. The third-order valence-corrected chi connectivity index (χ3v) is 8.16. The van der Waals surface area contributed by atoms with Crippen LogP contribution in [0.5, 0.6) is 5.75 Å². The number of ketones is 2. The van der Waals surface area contributed by atoms with E-state index in [0.717, 1.165) is 11.4 Å². The highest BCUT2D eigenvalue weighted by Gasteiger charge is 2.46. The van der Waals surface area contributed by atoms with Crippen LogP contribution in [-0.2, 0) is 16.2 Å². The first-order valence-electron chi connectivity index (χ1n) is 12.9. The minimum Gasteiger partial charge on any atom is -0.486 e. The van der Waals surface area contributed by atoms with Gasteiger partial charge in [0.15, 0.2) is 17.3 Å². The third-order valence-electron chi connectivity index (χ3n) is 7.60. The number of hydrogen-bond donors (Lipinski definition) is 1. The molecule has 0 amide bonds. The number of nitrogens with zero attached hydrogens (tertiary/aromatic N) is 1. The lowest BCUT2D eigenvalue weighted by Gasteiger charge is -2.44. The molecule has 1 aliphatic heterocycles. The second-order valence-electron chi connectivity index (χ2n) is 12.3. The molecule has 0 spiro atoms. The van der Waals surface area contributed by atoms with E-state index in [2.05, 4.69) is 33.0 Å². The van der Waals surface area contributed by atoms with Crippen LogP contribution in [0.4, 0.5) is 5.69 Å². The molecule has 5 rings (SSSR count). The normalized spacial score (nSPS) is 20.4. The number of ether oxygens (including phenoxy) is 1. The Morgan fingerprint density at radius 3 is 1.85 bits per heavy atom. The highest BCUT2D eigenvalue weighted by molar-refractivity contribution is 6.37. The number of allylic oxidation sites excluding steroid dienone is 4. The van der Waals surface area contributed by atoms with E-state index < -0.39 is 10.8 Å². The van der Waals surface area contributed by atoms with Gasteiger partial charge in [0.1, 0.15) is 6.61 Å². The van der Waals surface area contributed by atoms with Crippen LogP contribution < -0.4 is 10.1 Å². The number of hydrogen-bond acceptors (Lipinski definition) is 6. The molecule has 0 saturated carbocycles. The molecule has 0 saturated heterocycles. The van der Waals surface area contributed by atoms with E-state index in [1.54, 1.807) is 24.3 Å². The monoisotopic (exact) mass is 568 g/mol. The second kappa shape index (κ2) is 9.79. The molecule has 1 heterocycles. The van der Waals surface area contributed by atoms with Crippen LogP contribution in [0.25, 0.3) is 0 Å². The lowest BCUT2D eigenvalue weighted by Crippen LogP contribution is -2.42. The van der Waals surface area contributed by atoms with Gasteiger partial charge in [-0.1, -0.05) is 50.9 Å². The van der Waals surface area contributed by atoms with E-state index in [4.69, 9.17) is 27.9 Å². The SMILES string of the molecule is CC1(C)CC(=O)C2=C(C1)NC1=C(C(=O)CC(C)(C)C1)C2c1cc(Cl)c(OCc2ccc([N+](=O)[O-])cc2)c(Cl)c1. The zero-order valence-electron chi connectivity index (χ0n) is 22.3. The molecule has 0 unspecified atom stereocenters. The highest BCUT2D eigenvalue weighted by atomic mass is 35.5. The van der Waals surface area contributed by atoms with Gasteiger partial charge < -0.3 is 10.1 Å². The number of dihydropyridines is 1. The summed E-state index contributed by atoms with van der Waals surface area (Å²) < 4.78 is 5.90. The summed E-state index contributed by atoms with van der Waals surface area (Å²) in [5.74, 6) is -0.241. The fourth-order valence-corrected chi connectivity index (χ4v) is 6.59. The largest absolute Gasteiger partial charge is 0.486 e. The average molecular weight is 569 g/mol. The summed E-state index contributed by atoms with van der Waals surface area (Å²) in [6, 6.07) is 9.48. The lowest BCUT2D eigenvalue weighted by atomic mass is 9.64. The second-order valence-corrected chi connectivity index (χ2v) is 13.1. The Labute approximate surface area is 237 Å². The summed E-state index contributed by atoms with van der Waals surface area (Å²) in [6.07, 6.45) is 2.19. The first-order chi connectivity index (χ1) is 18.2. The minimum absolute atomic E-state index is 0.00946. The van der Waals surface area contributed by atoms with Crippen molar-refractivity contribution in [3.05, 3.63) is 90.2 Å². The first kappa shape index (κ1) is 27.4. The van der Waals surface area contributed by atoms with Crippen molar-refractivity contribution in [3.8, 4) is 5.75 Å². The summed E-state index contributed by atoms with van der Waals surface area (Å²) in [7, 11) is 0. The van der Waals surface area contributed by atoms with Crippen LogP contribution in [0.3, 0.4) is 0 Å². The topological polar surface area (TPSA) is 98.5 Å². The van der Waals surface area contributed by atoms with Crippen molar-refractivity contribution < 1.29 is 19.2 Å². The molecule has 1 N–H and O–H groups in total. The van der Waals surface area contributed by atoms with Gasteiger partial charge >= 0.3 is 0 Å². The van der Waals surface area contributed by atoms with Crippen molar-refractivity contribution in [2.24, 2.45) is 10.8 Å². The maximum atomic E-state index is 13.5. The number of nitrogens with one attached hydrogen (secondary N) is 1. The predicted octanol–water partition coefficient (Wildman–Crippen LogP) is 7.45. The van der Waals surface area contributed by atoms with Gasteiger partial charge in [0.05, 0.1) is 15.0 Å². The summed E-state index contributed by atoms with van der Waals surface area (Å²) in [4.78, 5) is 37.5. The Bertz CT molecular complexity index is 1400. The number of halogens is 2. The molecule has 0 aromatic heterocycles. The Hall–Kier alpha value is -3.16. The third kappa shape index (κ3) is 5.35. The molecule has 3 aliphatic rings. The van der Waals surface area contributed by atoms with Gasteiger partial charge in [-0.15, -0.1) is 0 Å². The minimum atomic E-state index is -0.554. The van der Waals surface area contributed by atoms with Gasteiger partial charge in [0.25, 0.3) is 5.69 Å². The Morgan fingerprint density at radius 2 is 1.38 bits per heavy atom. The van der Waals surface area contributed by atoms with Gasteiger partial charge in [-0.25, -0.2) is 0 Å². The van der Waals surface area contributed by atoms with Crippen molar-refractivity contribution in [1.29, 1.82) is 0 Å². The lowest BCUT2D eigenvalue weighted by molar-refractivity contribution is -0.384. The molecule has 2 aromatic rings. The van der Waals surface area contributed by atoms with E-state index >= 15 is 0 Å². The average Bonchev–Trinajstić information content (AvgIpc) is 2.80. The maximum Gasteiger partial charge on any atom is 0.269 e. The molecular formula is C30H30Cl2N2O5. The van der Waals surface area contributed by atoms with Crippen molar-refractivity contribution in [1.82, 2.24) is 5.32 Å². The smallest absolute Gasteiger partial charge is 0.269 e. The van der Waals surface area contributed by atoms with Gasteiger partial charge in [-0.05, 0) is 59.1 Å². The fourth-order valence-electron chi connectivity index (χ4n) is 5.98. The van der Waals surface area contributed by atoms with E-state index in [-0.39, 0.29) is 50.5 Å². The fraction of sp³-hybridized carbons (Fsp3) is 0.400. The van der Waals surface area contributed by atoms with Crippen LogP contribution in [0.1, 0.15) is 70.4 Å². The van der Waals surface area contributed by atoms with Gasteiger partial charge in [0, 0.05) is 53.4 Å². The number of carbonyl (C=O) groups excluding carboxylic acids is 2. The number of non-ortho nitro benzene ring substituents is 1. The van der Waals surface area contributed by atoms with E-state index in [9.17, 15) is 19.7 Å². The predicted molar refractivity (Wildman–Crippen MR) is 150 cm³/mol. The zero-order valence-corrected chi connectivity index (χ0v) is 23.8. The molecule has 204 valence electrons. The van der Waals surface area contributed by atoms with Crippen LogP contribution in [-0.4, -0.2) is 16.5 Å². The Balaban J connectivity index is 1.52. The molecule has 2 aromatic carbocycles. The summed E-state index contributed by atoms with van der Waals surface area (Å²) >= 11 is 13.4. The van der Waals surface area contributed by atoms with Crippen LogP contribution >= 0.6 is 23.2 Å². The van der Waals surface area contributed by atoms with Crippen LogP contribution in [0.2, 0.25) is 10.0 Å². The molecule has 39 heavy (non-hydrogen) atoms.